The minimum absolute atomic E-state index is 0.458. The third-order valence-corrected chi connectivity index (χ3v) is 2.79. The molecule has 1 unspecified atom stereocenters. The molecule has 0 radical (unpaired) electrons. The SMILES string of the molecule is COC(=O)C(C)(C)C(O)c1cccc(Cl)c1. The Morgan fingerprint density at radius 3 is 2.62 bits per heavy atom. The van der Waals surface area contributed by atoms with Gasteiger partial charge >= 0.3 is 5.97 Å². The Morgan fingerprint density at radius 2 is 2.12 bits per heavy atom. The van der Waals surface area contributed by atoms with Gasteiger partial charge in [0.2, 0.25) is 0 Å². The van der Waals surface area contributed by atoms with Crippen molar-refractivity contribution in [2.45, 2.75) is 20.0 Å². The number of esters is 1. The second-order valence-electron chi connectivity index (χ2n) is 4.17. The molecule has 0 saturated carbocycles. The van der Waals surface area contributed by atoms with E-state index in [0.717, 1.165) is 0 Å². The van der Waals surface area contributed by atoms with Gasteiger partial charge in [0.1, 0.15) is 0 Å². The molecule has 1 N–H and O–H groups in total. The topological polar surface area (TPSA) is 46.5 Å². The average molecular weight is 243 g/mol. The molecule has 3 nitrogen and oxygen atoms in total. The number of halogens is 1. The number of carbonyl (C=O) groups excluding carboxylic acids is 1. The minimum atomic E-state index is -1.00. The van der Waals surface area contributed by atoms with Gasteiger partial charge in [-0.2, -0.15) is 0 Å². The molecular formula is C12H15ClO3. The fourth-order valence-corrected chi connectivity index (χ4v) is 1.67. The first kappa shape index (κ1) is 13.0. The predicted octanol–water partition coefficient (Wildman–Crippen LogP) is 2.57. The molecule has 1 rings (SSSR count). The van der Waals surface area contributed by atoms with Gasteiger partial charge in [0.15, 0.2) is 0 Å². The number of hydrogen-bond acceptors (Lipinski definition) is 3. The molecule has 0 spiro atoms. The van der Waals surface area contributed by atoms with E-state index in [1.807, 2.05) is 0 Å². The summed E-state index contributed by atoms with van der Waals surface area (Å²) in [6, 6.07) is 6.80. The van der Waals surface area contributed by atoms with E-state index in [2.05, 4.69) is 4.74 Å². The quantitative estimate of drug-likeness (QED) is 0.829. The first-order valence-corrected chi connectivity index (χ1v) is 5.29. The van der Waals surface area contributed by atoms with Crippen molar-refractivity contribution in [1.29, 1.82) is 0 Å². The fraction of sp³-hybridized carbons (Fsp3) is 0.417. The minimum Gasteiger partial charge on any atom is -0.469 e. The van der Waals surface area contributed by atoms with Crippen LogP contribution in [0.4, 0.5) is 0 Å². The van der Waals surface area contributed by atoms with Gasteiger partial charge in [-0.1, -0.05) is 23.7 Å². The maximum Gasteiger partial charge on any atom is 0.314 e. The van der Waals surface area contributed by atoms with Gasteiger partial charge in [-0.05, 0) is 31.5 Å². The Labute approximate surface area is 100.0 Å². The van der Waals surface area contributed by atoms with E-state index in [-0.39, 0.29) is 0 Å². The summed E-state index contributed by atoms with van der Waals surface area (Å²) in [6.07, 6.45) is -0.946. The Hall–Kier alpha value is -1.06. The van der Waals surface area contributed by atoms with Gasteiger partial charge in [0.25, 0.3) is 0 Å². The van der Waals surface area contributed by atoms with Crippen LogP contribution in [0.5, 0.6) is 0 Å². The van der Waals surface area contributed by atoms with Gasteiger partial charge < -0.3 is 9.84 Å². The molecule has 0 fully saturated rings. The Kier molecular flexibility index (Phi) is 3.94. The number of hydrogen-bond donors (Lipinski definition) is 1. The molecule has 0 aliphatic heterocycles. The highest BCUT2D eigenvalue weighted by atomic mass is 35.5. The zero-order chi connectivity index (χ0) is 12.3. The van der Waals surface area contributed by atoms with Crippen molar-refractivity contribution in [2.24, 2.45) is 5.41 Å². The number of aliphatic hydroxyl groups excluding tert-OH is 1. The van der Waals surface area contributed by atoms with Crippen molar-refractivity contribution < 1.29 is 14.6 Å². The van der Waals surface area contributed by atoms with Crippen molar-refractivity contribution in [3.63, 3.8) is 0 Å². The van der Waals surface area contributed by atoms with Crippen LogP contribution in [-0.2, 0) is 9.53 Å². The summed E-state index contributed by atoms with van der Waals surface area (Å²) < 4.78 is 4.66. The van der Waals surface area contributed by atoms with E-state index < -0.39 is 17.5 Å². The molecule has 1 aromatic rings. The molecule has 0 bridgehead atoms. The molecule has 4 heteroatoms. The Morgan fingerprint density at radius 1 is 1.50 bits per heavy atom. The highest BCUT2D eigenvalue weighted by molar-refractivity contribution is 6.30. The van der Waals surface area contributed by atoms with Crippen LogP contribution in [0, 0.1) is 5.41 Å². The third-order valence-electron chi connectivity index (χ3n) is 2.56. The Bertz CT molecular complexity index is 388. The first-order chi connectivity index (χ1) is 7.39. The van der Waals surface area contributed by atoms with Gasteiger partial charge in [-0.25, -0.2) is 0 Å². The lowest BCUT2D eigenvalue weighted by atomic mass is 9.83. The summed E-state index contributed by atoms with van der Waals surface area (Å²) in [6.45, 7) is 3.26. The number of carbonyl (C=O) groups is 1. The van der Waals surface area contributed by atoms with Crippen LogP contribution < -0.4 is 0 Å². The van der Waals surface area contributed by atoms with E-state index in [9.17, 15) is 9.90 Å². The fourth-order valence-electron chi connectivity index (χ4n) is 1.47. The second kappa shape index (κ2) is 4.85. The number of ether oxygens (including phenoxy) is 1. The lowest BCUT2D eigenvalue weighted by molar-refractivity contribution is -0.157. The summed E-state index contributed by atoms with van der Waals surface area (Å²) in [4.78, 5) is 11.5. The zero-order valence-corrected chi connectivity index (χ0v) is 10.3. The molecule has 0 saturated heterocycles. The number of rotatable bonds is 3. The molecule has 1 aromatic carbocycles. The van der Waals surface area contributed by atoms with E-state index in [1.165, 1.54) is 7.11 Å². The van der Waals surface area contributed by atoms with Crippen LogP contribution in [0.1, 0.15) is 25.5 Å². The third kappa shape index (κ3) is 2.54. The van der Waals surface area contributed by atoms with E-state index in [0.29, 0.717) is 10.6 Å². The lowest BCUT2D eigenvalue weighted by Crippen LogP contribution is -2.32. The van der Waals surface area contributed by atoms with Crippen molar-refractivity contribution in [3.8, 4) is 0 Å². The largest absolute Gasteiger partial charge is 0.469 e. The summed E-state index contributed by atoms with van der Waals surface area (Å²) in [5, 5.41) is 10.6. The maximum atomic E-state index is 11.5. The van der Waals surface area contributed by atoms with Gasteiger partial charge in [-0.3, -0.25) is 4.79 Å². The van der Waals surface area contributed by atoms with Crippen LogP contribution in [0.2, 0.25) is 5.02 Å². The van der Waals surface area contributed by atoms with Crippen molar-refractivity contribution in [2.75, 3.05) is 7.11 Å². The smallest absolute Gasteiger partial charge is 0.314 e. The summed E-state index contributed by atoms with van der Waals surface area (Å²) in [5.74, 6) is -0.458. The van der Waals surface area contributed by atoms with Gasteiger partial charge in [-0.15, -0.1) is 0 Å². The highest BCUT2D eigenvalue weighted by Gasteiger charge is 2.37. The highest BCUT2D eigenvalue weighted by Crippen LogP contribution is 2.35. The van der Waals surface area contributed by atoms with Crippen molar-refractivity contribution in [1.82, 2.24) is 0 Å². The summed E-state index contributed by atoms with van der Waals surface area (Å²) in [5.41, 5.74) is -0.401. The van der Waals surface area contributed by atoms with Crippen LogP contribution in [0.3, 0.4) is 0 Å². The van der Waals surface area contributed by atoms with E-state index >= 15 is 0 Å². The number of methoxy groups -OCH3 is 1. The molecule has 88 valence electrons. The summed E-state index contributed by atoms with van der Waals surface area (Å²) >= 11 is 5.83. The second-order valence-corrected chi connectivity index (χ2v) is 4.61. The van der Waals surface area contributed by atoms with Gasteiger partial charge in [0, 0.05) is 5.02 Å². The number of benzene rings is 1. The predicted molar refractivity (Wildman–Crippen MR) is 62.2 cm³/mol. The molecule has 0 aliphatic carbocycles. The summed E-state index contributed by atoms with van der Waals surface area (Å²) in [7, 11) is 1.30. The van der Waals surface area contributed by atoms with E-state index in [4.69, 9.17) is 11.6 Å². The van der Waals surface area contributed by atoms with Crippen LogP contribution in [-0.4, -0.2) is 18.2 Å². The monoisotopic (exact) mass is 242 g/mol. The molecular weight excluding hydrogens is 228 g/mol. The number of aliphatic hydroxyl groups is 1. The Balaban J connectivity index is 3.01. The van der Waals surface area contributed by atoms with Crippen LogP contribution >= 0.6 is 11.6 Å². The lowest BCUT2D eigenvalue weighted by Gasteiger charge is -2.27. The zero-order valence-electron chi connectivity index (χ0n) is 9.53. The normalized spacial score (nSPS) is 13.3. The van der Waals surface area contributed by atoms with Gasteiger partial charge in [0.05, 0.1) is 18.6 Å². The molecule has 0 heterocycles. The first-order valence-electron chi connectivity index (χ1n) is 4.91. The van der Waals surface area contributed by atoms with Crippen LogP contribution in [0.25, 0.3) is 0 Å². The standard InChI is InChI=1S/C12H15ClO3/c1-12(2,11(15)16-3)10(14)8-5-4-6-9(13)7-8/h4-7,10,14H,1-3H3. The molecule has 1 atom stereocenters. The molecule has 16 heavy (non-hydrogen) atoms. The van der Waals surface area contributed by atoms with Crippen molar-refractivity contribution >= 4 is 17.6 Å². The average Bonchev–Trinajstić information content (AvgIpc) is 2.26. The van der Waals surface area contributed by atoms with E-state index in [1.54, 1.807) is 38.1 Å². The maximum absolute atomic E-state index is 11.5. The molecule has 0 aromatic heterocycles. The van der Waals surface area contributed by atoms with Crippen LogP contribution in [0.15, 0.2) is 24.3 Å². The molecule has 0 aliphatic rings. The molecule has 0 amide bonds. The van der Waals surface area contributed by atoms with Crippen molar-refractivity contribution in [3.05, 3.63) is 34.9 Å².